The smallest absolute Gasteiger partial charge is 0.127 e. The van der Waals surface area contributed by atoms with E-state index in [-0.39, 0.29) is 0 Å². The van der Waals surface area contributed by atoms with Gasteiger partial charge in [0.1, 0.15) is 5.75 Å². The lowest BCUT2D eigenvalue weighted by Crippen LogP contribution is -1.97. The molecule has 0 saturated heterocycles. The predicted molar refractivity (Wildman–Crippen MR) is 81.8 cm³/mol. The Morgan fingerprint density at radius 2 is 1.88 bits per heavy atom. The van der Waals surface area contributed by atoms with E-state index in [1.165, 1.54) is 14.4 Å². The van der Waals surface area contributed by atoms with E-state index in [1.54, 1.807) is 0 Å². The van der Waals surface area contributed by atoms with Crippen LogP contribution in [0.5, 0.6) is 5.75 Å². The van der Waals surface area contributed by atoms with Crippen LogP contribution in [0.4, 0.5) is 0 Å². The number of halogens is 1. The molecule has 0 saturated carbocycles. The molecule has 0 aliphatic rings. The highest BCUT2D eigenvalue weighted by Crippen LogP contribution is 2.25. The van der Waals surface area contributed by atoms with Gasteiger partial charge < -0.3 is 4.74 Å². The second kappa shape index (κ2) is 6.05. The number of allylic oxidation sites excluding steroid dienone is 1. The molecule has 0 aromatic heterocycles. The number of rotatable bonds is 5. The Morgan fingerprint density at radius 1 is 1.12 bits per heavy atom. The molecule has 0 atom stereocenters. The van der Waals surface area contributed by atoms with Gasteiger partial charge in [0.25, 0.3) is 0 Å². The zero-order valence-electron chi connectivity index (χ0n) is 9.66. The van der Waals surface area contributed by atoms with Crippen molar-refractivity contribution in [1.29, 1.82) is 0 Å². The van der Waals surface area contributed by atoms with Crippen molar-refractivity contribution in [3.8, 4) is 5.75 Å². The molecule has 0 fully saturated rings. The lowest BCUT2D eigenvalue weighted by molar-refractivity contribution is 0.315. The highest BCUT2D eigenvalue weighted by Gasteiger charge is 2.00. The molecule has 0 aliphatic heterocycles. The molecular formula is C15H15IO. The first-order valence-electron chi connectivity index (χ1n) is 5.71. The molecule has 0 N–H and O–H groups in total. The molecule has 0 heterocycles. The van der Waals surface area contributed by atoms with Crippen LogP contribution in [-0.4, -0.2) is 6.61 Å². The van der Waals surface area contributed by atoms with Crippen LogP contribution in [0.15, 0.2) is 52.6 Å². The van der Waals surface area contributed by atoms with Gasteiger partial charge in [-0.15, -0.1) is 0 Å². The summed E-state index contributed by atoms with van der Waals surface area (Å²) in [6.07, 6.45) is 2.04. The molecule has 17 heavy (non-hydrogen) atoms. The number of hydrogen-bond donors (Lipinski definition) is 0. The van der Waals surface area contributed by atoms with Crippen molar-refractivity contribution in [3.05, 3.63) is 52.6 Å². The molecule has 0 radical (unpaired) electrons. The fourth-order valence-corrected chi connectivity index (χ4v) is 2.15. The minimum absolute atomic E-state index is 0.746. The van der Waals surface area contributed by atoms with E-state index in [1.807, 2.05) is 24.3 Å². The topological polar surface area (TPSA) is 9.23 Å². The summed E-state index contributed by atoms with van der Waals surface area (Å²) >= 11 is 2.26. The van der Waals surface area contributed by atoms with Crippen LogP contribution < -0.4 is 4.74 Å². The molecule has 0 spiro atoms. The van der Waals surface area contributed by atoms with E-state index >= 15 is 0 Å². The summed E-state index contributed by atoms with van der Waals surface area (Å²) in [4.78, 5) is 0. The maximum absolute atomic E-state index is 5.83. The zero-order valence-corrected chi connectivity index (χ0v) is 11.8. The predicted octanol–water partition coefficient (Wildman–Crippen LogP) is 4.95. The number of benzene rings is 2. The van der Waals surface area contributed by atoms with Gasteiger partial charge in [-0.25, -0.2) is 0 Å². The molecule has 0 amide bonds. The van der Waals surface area contributed by atoms with Gasteiger partial charge >= 0.3 is 0 Å². The van der Waals surface area contributed by atoms with Gasteiger partial charge in [0.2, 0.25) is 0 Å². The average Bonchev–Trinajstić information content (AvgIpc) is 2.34. The van der Waals surface area contributed by atoms with Gasteiger partial charge in [0.05, 0.1) is 6.61 Å². The van der Waals surface area contributed by atoms with Gasteiger partial charge in [-0.05, 0) is 50.5 Å². The molecule has 2 aromatic rings. The third-order valence-corrected chi connectivity index (χ3v) is 3.14. The third kappa shape index (κ3) is 3.46. The Bertz CT molecular complexity index is 514. The molecule has 1 nitrogen and oxygen atoms in total. The number of hydrogen-bond acceptors (Lipinski definition) is 1. The van der Waals surface area contributed by atoms with Crippen molar-refractivity contribution >= 4 is 33.4 Å². The first-order valence-corrected chi connectivity index (χ1v) is 6.79. The lowest BCUT2D eigenvalue weighted by atomic mass is 10.1. The quantitative estimate of drug-likeness (QED) is 0.554. The van der Waals surface area contributed by atoms with Crippen LogP contribution in [0.1, 0.15) is 12.8 Å². The fourth-order valence-electron chi connectivity index (χ4n) is 1.77. The first-order chi connectivity index (χ1) is 8.27. The summed E-state index contributed by atoms with van der Waals surface area (Å²) in [6, 6.07) is 14.5. The highest BCUT2D eigenvalue weighted by molar-refractivity contribution is 14.1. The van der Waals surface area contributed by atoms with Gasteiger partial charge in [-0.1, -0.05) is 43.0 Å². The molecule has 88 valence electrons. The van der Waals surface area contributed by atoms with E-state index in [0.29, 0.717) is 0 Å². The summed E-state index contributed by atoms with van der Waals surface area (Å²) in [6.45, 7) is 4.63. The SMILES string of the molecule is C=C(I)CCCOc1cccc2ccccc12. The third-order valence-electron chi connectivity index (χ3n) is 2.60. The standard InChI is InChI=1S/C15H15IO/c1-12(16)6-5-11-17-15-10-4-8-13-7-2-3-9-14(13)15/h2-4,7-10H,1,5-6,11H2. The van der Waals surface area contributed by atoms with Crippen LogP contribution in [-0.2, 0) is 0 Å². The van der Waals surface area contributed by atoms with Crippen LogP contribution in [0, 0.1) is 0 Å². The molecule has 2 rings (SSSR count). The second-order valence-corrected chi connectivity index (χ2v) is 5.47. The Balaban J connectivity index is 2.05. The van der Waals surface area contributed by atoms with Gasteiger partial charge in [-0.2, -0.15) is 0 Å². The molecule has 0 unspecified atom stereocenters. The van der Waals surface area contributed by atoms with Gasteiger partial charge in [0, 0.05) is 5.39 Å². The van der Waals surface area contributed by atoms with Crippen LogP contribution in [0.2, 0.25) is 0 Å². The van der Waals surface area contributed by atoms with Crippen molar-refractivity contribution in [1.82, 2.24) is 0 Å². The van der Waals surface area contributed by atoms with Gasteiger partial charge in [0.15, 0.2) is 0 Å². The van der Waals surface area contributed by atoms with E-state index in [4.69, 9.17) is 4.74 Å². The molecule has 0 bridgehead atoms. The summed E-state index contributed by atoms with van der Waals surface area (Å²) in [5.74, 6) is 0.974. The second-order valence-electron chi connectivity index (χ2n) is 3.95. The van der Waals surface area contributed by atoms with Crippen LogP contribution in [0.25, 0.3) is 10.8 Å². The van der Waals surface area contributed by atoms with E-state index in [2.05, 4.69) is 47.4 Å². The summed E-state index contributed by atoms with van der Waals surface area (Å²) in [5, 5.41) is 2.41. The first kappa shape index (κ1) is 12.4. The minimum Gasteiger partial charge on any atom is -0.493 e. The zero-order chi connectivity index (χ0) is 12.1. The van der Waals surface area contributed by atoms with Crippen molar-refractivity contribution in [2.45, 2.75) is 12.8 Å². The van der Waals surface area contributed by atoms with E-state index in [9.17, 15) is 0 Å². The van der Waals surface area contributed by atoms with E-state index in [0.717, 1.165) is 25.2 Å². The summed E-state index contributed by atoms with van der Waals surface area (Å²) in [5.41, 5.74) is 0. The minimum atomic E-state index is 0.746. The Labute approximate surface area is 116 Å². The maximum atomic E-state index is 5.83. The Kier molecular flexibility index (Phi) is 4.42. The van der Waals surface area contributed by atoms with Crippen molar-refractivity contribution in [2.75, 3.05) is 6.61 Å². The maximum Gasteiger partial charge on any atom is 0.127 e. The largest absolute Gasteiger partial charge is 0.493 e. The monoisotopic (exact) mass is 338 g/mol. The number of ether oxygens (including phenoxy) is 1. The Hall–Kier alpha value is -1.03. The fraction of sp³-hybridized carbons (Fsp3) is 0.200. The molecule has 2 heteroatoms. The molecule has 0 aliphatic carbocycles. The van der Waals surface area contributed by atoms with Crippen LogP contribution in [0.3, 0.4) is 0 Å². The average molecular weight is 338 g/mol. The molecular weight excluding hydrogens is 323 g/mol. The number of fused-ring (bicyclic) bond motifs is 1. The normalized spacial score (nSPS) is 10.4. The van der Waals surface area contributed by atoms with Crippen molar-refractivity contribution < 1.29 is 4.74 Å². The van der Waals surface area contributed by atoms with Gasteiger partial charge in [-0.3, -0.25) is 0 Å². The van der Waals surface area contributed by atoms with E-state index < -0.39 is 0 Å². The summed E-state index contributed by atoms with van der Waals surface area (Å²) < 4.78 is 7.01. The lowest BCUT2D eigenvalue weighted by Gasteiger charge is -2.08. The van der Waals surface area contributed by atoms with Crippen LogP contribution >= 0.6 is 22.6 Å². The summed E-state index contributed by atoms with van der Waals surface area (Å²) in [7, 11) is 0. The highest BCUT2D eigenvalue weighted by atomic mass is 127. The Morgan fingerprint density at radius 3 is 2.71 bits per heavy atom. The van der Waals surface area contributed by atoms with Crippen molar-refractivity contribution in [2.24, 2.45) is 0 Å². The van der Waals surface area contributed by atoms with Crippen molar-refractivity contribution in [3.63, 3.8) is 0 Å². The molecule has 2 aromatic carbocycles.